The van der Waals surface area contributed by atoms with E-state index in [0.717, 1.165) is 49.1 Å². The number of nitrogen functional groups attached to an aromatic ring is 1. The van der Waals surface area contributed by atoms with Crippen LogP contribution in [0.25, 0.3) is 5.57 Å². The standard InChI is InChI=1S/C25H32N4O2/c1-18-6-3-2-4-7-20(29-17-27-15-24(18)29)14-25(30)19-9-11-21(12-10-19)31-16-23-22(26)8-5-13-28-23/h2-6,8,13,15,17,19-21,25,30H,1,7,9-12,14,16,26H2/b4-2-,6-3-. The molecule has 2 aliphatic rings. The van der Waals surface area contributed by atoms with E-state index in [-0.39, 0.29) is 18.2 Å². The minimum Gasteiger partial charge on any atom is -0.397 e. The summed E-state index contributed by atoms with van der Waals surface area (Å²) in [6.07, 6.45) is 19.0. The quantitative estimate of drug-likeness (QED) is 0.721. The molecule has 2 atom stereocenters. The molecule has 1 saturated carbocycles. The van der Waals surface area contributed by atoms with Crippen LogP contribution < -0.4 is 5.73 Å². The molecular formula is C25H32N4O2. The largest absolute Gasteiger partial charge is 0.397 e. The van der Waals surface area contributed by atoms with Crippen LogP contribution in [0.2, 0.25) is 0 Å². The Bertz CT molecular complexity index is 941. The van der Waals surface area contributed by atoms with Crippen molar-refractivity contribution in [3.8, 4) is 0 Å². The minimum absolute atomic E-state index is 0.168. The summed E-state index contributed by atoms with van der Waals surface area (Å²) in [6.45, 7) is 4.60. The van der Waals surface area contributed by atoms with Gasteiger partial charge in [0, 0.05) is 12.2 Å². The lowest BCUT2D eigenvalue weighted by molar-refractivity contribution is -0.0177. The maximum Gasteiger partial charge on any atom is 0.0953 e. The summed E-state index contributed by atoms with van der Waals surface area (Å²) in [6, 6.07) is 3.85. The number of fused-ring (bicyclic) bond motifs is 1. The second-order valence-corrected chi connectivity index (χ2v) is 8.58. The molecule has 0 amide bonds. The van der Waals surface area contributed by atoms with Crippen LogP contribution >= 0.6 is 0 Å². The Morgan fingerprint density at radius 1 is 1.26 bits per heavy atom. The van der Waals surface area contributed by atoms with Crippen molar-refractivity contribution in [2.75, 3.05) is 5.73 Å². The molecule has 1 fully saturated rings. The van der Waals surface area contributed by atoms with Gasteiger partial charge in [-0.1, -0.05) is 30.9 Å². The lowest BCUT2D eigenvalue weighted by Gasteiger charge is -2.33. The van der Waals surface area contributed by atoms with Crippen LogP contribution in [0.3, 0.4) is 0 Å². The monoisotopic (exact) mass is 420 g/mol. The number of aliphatic hydroxyl groups excluding tert-OH is 1. The van der Waals surface area contributed by atoms with Crippen LogP contribution in [0.1, 0.15) is 56.0 Å². The van der Waals surface area contributed by atoms with Gasteiger partial charge in [0.1, 0.15) is 0 Å². The third-order valence-electron chi connectivity index (χ3n) is 6.50. The molecule has 1 aliphatic heterocycles. The Balaban J connectivity index is 1.31. The highest BCUT2D eigenvalue weighted by Gasteiger charge is 2.29. The minimum atomic E-state index is -0.344. The number of allylic oxidation sites excluding steroid dienone is 5. The van der Waals surface area contributed by atoms with Crippen LogP contribution in [0, 0.1) is 5.92 Å². The van der Waals surface area contributed by atoms with E-state index < -0.39 is 0 Å². The van der Waals surface area contributed by atoms with Gasteiger partial charge >= 0.3 is 0 Å². The van der Waals surface area contributed by atoms with Gasteiger partial charge in [-0.15, -0.1) is 0 Å². The number of pyridine rings is 1. The number of hydrogen-bond donors (Lipinski definition) is 2. The highest BCUT2D eigenvalue weighted by molar-refractivity contribution is 5.70. The van der Waals surface area contributed by atoms with Gasteiger partial charge in [-0.05, 0) is 62.1 Å². The van der Waals surface area contributed by atoms with Crippen LogP contribution in [0.5, 0.6) is 0 Å². The number of ether oxygens (including phenoxy) is 1. The highest BCUT2D eigenvalue weighted by Crippen LogP contribution is 2.34. The van der Waals surface area contributed by atoms with Crippen LogP contribution in [-0.2, 0) is 11.3 Å². The van der Waals surface area contributed by atoms with E-state index >= 15 is 0 Å². The molecule has 3 heterocycles. The van der Waals surface area contributed by atoms with Gasteiger partial charge in [0.2, 0.25) is 0 Å². The normalized spacial score (nSPS) is 26.9. The van der Waals surface area contributed by atoms with E-state index in [4.69, 9.17) is 10.5 Å². The van der Waals surface area contributed by atoms with Gasteiger partial charge in [-0.25, -0.2) is 4.98 Å². The molecule has 31 heavy (non-hydrogen) atoms. The molecule has 2 aromatic rings. The third-order valence-corrected chi connectivity index (χ3v) is 6.50. The molecule has 0 radical (unpaired) electrons. The van der Waals surface area contributed by atoms with Gasteiger partial charge < -0.3 is 20.1 Å². The van der Waals surface area contributed by atoms with E-state index in [1.54, 1.807) is 6.20 Å². The fourth-order valence-electron chi connectivity index (χ4n) is 4.62. The first-order chi connectivity index (χ1) is 15.1. The number of nitrogens with zero attached hydrogens (tertiary/aromatic N) is 3. The predicted molar refractivity (Wildman–Crippen MR) is 123 cm³/mol. The van der Waals surface area contributed by atoms with Crippen molar-refractivity contribution in [2.45, 2.75) is 63.4 Å². The number of nitrogens with two attached hydrogens (primary N) is 1. The zero-order valence-corrected chi connectivity index (χ0v) is 17.9. The summed E-state index contributed by atoms with van der Waals surface area (Å²) in [5, 5.41) is 11.1. The Morgan fingerprint density at radius 3 is 2.90 bits per heavy atom. The summed E-state index contributed by atoms with van der Waals surface area (Å²) in [4.78, 5) is 8.63. The zero-order valence-electron chi connectivity index (χ0n) is 17.9. The molecule has 0 aromatic carbocycles. The van der Waals surface area contributed by atoms with E-state index in [1.165, 1.54) is 0 Å². The fourth-order valence-corrected chi connectivity index (χ4v) is 4.62. The van der Waals surface area contributed by atoms with Crippen molar-refractivity contribution >= 4 is 11.3 Å². The lowest BCUT2D eigenvalue weighted by Crippen LogP contribution is -2.31. The van der Waals surface area contributed by atoms with Gasteiger partial charge in [0.05, 0.1) is 48.4 Å². The Labute approximate surface area is 184 Å². The third kappa shape index (κ3) is 5.32. The highest BCUT2D eigenvalue weighted by atomic mass is 16.5. The lowest BCUT2D eigenvalue weighted by atomic mass is 9.81. The van der Waals surface area contributed by atoms with Gasteiger partial charge in [0.25, 0.3) is 0 Å². The first kappa shape index (κ1) is 21.5. The second kappa shape index (κ2) is 10.1. The summed E-state index contributed by atoms with van der Waals surface area (Å²) in [7, 11) is 0. The topological polar surface area (TPSA) is 86.2 Å². The average Bonchev–Trinajstić information content (AvgIpc) is 3.28. The number of imidazole rings is 1. The molecule has 6 nitrogen and oxygen atoms in total. The number of aromatic nitrogens is 3. The molecule has 6 heteroatoms. The first-order valence-electron chi connectivity index (χ1n) is 11.1. The van der Waals surface area contributed by atoms with E-state index in [1.807, 2.05) is 36.8 Å². The second-order valence-electron chi connectivity index (χ2n) is 8.58. The Morgan fingerprint density at radius 2 is 2.10 bits per heavy atom. The maximum atomic E-state index is 11.1. The molecule has 0 spiro atoms. The Hall–Kier alpha value is -2.70. The first-order valence-corrected chi connectivity index (χ1v) is 11.1. The molecule has 3 N–H and O–H groups in total. The van der Waals surface area contributed by atoms with Crippen molar-refractivity contribution in [3.63, 3.8) is 0 Å². The molecule has 1 aliphatic carbocycles. The molecule has 2 aromatic heterocycles. The van der Waals surface area contributed by atoms with Crippen LogP contribution in [0.15, 0.2) is 61.7 Å². The van der Waals surface area contributed by atoms with Gasteiger partial charge in [-0.3, -0.25) is 4.98 Å². The SMILES string of the molecule is C=C1/C=C\C=C/CC(CC(O)C2CCC(OCc3ncccc3N)CC2)n2cncc21. The van der Waals surface area contributed by atoms with Gasteiger partial charge in [-0.2, -0.15) is 0 Å². The molecule has 0 saturated heterocycles. The maximum absolute atomic E-state index is 11.1. The van der Waals surface area contributed by atoms with Crippen LogP contribution in [0.4, 0.5) is 5.69 Å². The number of aliphatic hydroxyl groups is 1. The van der Waals surface area contributed by atoms with Crippen molar-refractivity contribution < 1.29 is 9.84 Å². The Kier molecular flexibility index (Phi) is 6.99. The summed E-state index contributed by atoms with van der Waals surface area (Å²) >= 11 is 0. The summed E-state index contributed by atoms with van der Waals surface area (Å²) in [5.41, 5.74) is 9.38. The number of rotatable bonds is 6. The van der Waals surface area contributed by atoms with Crippen molar-refractivity contribution in [1.29, 1.82) is 0 Å². The summed E-state index contributed by atoms with van der Waals surface area (Å²) in [5.74, 6) is 0.296. The van der Waals surface area contributed by atoms with Crippen molar-refractivity contribution in [1.82, 2.24) is 14.5 Å². The predicted octanol–water partition coefficient (Wildman–Crippen LogP) is 4.46. The molecule has 0 bridgehead atoms. The van der Waals surface area contributed by atoms with Crippen molar-refractivity contribution in [3.05, 3.63) is 73.1 Å². The molecule has 164 valence electrons. The van der Waals surface area contributed by atoms with Crippen LogP contribution in [-0.4, -0.2) is 31.8 Å². The smallest absolute Gasteiger partial charge is 0.0953 e. The van der Waals surface area contributed by atoms with E-state index in [0.29, 0.717) is 24.6 Å². The average molecular weight is 421 g/mol. The van der Waals surface area contributed by atoms with E-state index in [2.05, 4.69) is 33.3 Å². The number of hydrogen-bond acceptors (Lipinski definition) is 5. The summed E-state index contributed by atoms with van der Waals surface area (Å²) < 4.78 is 8.22. The fraction of sp³-hybridized carbons (Fsp3) is 0.440. The van der Waals surface area contributed by atoms with Crippen molar-refractivity contribution in [2.24, 2.45) is 5.92 Å². The number of anilines is 1. The zero-order chi connectivity index (χ0) is 21.6. The molecular weight excluding hydrogens is 388 g/mol. The van der Waals surface area contributed by atoms with Gasteiger partial charge in [0.15, 0.2) is 0 Å². The van der Waals surface area contributed by atoms with E-state index in [9.17, 15) is 5.11 Å². The molecule has 2 unspecified atom stereocenters. The molecule has 4 rings (SSSR count).